The van der Waals surface area contributed by atoms with E-state index < -0.39 is 10.1 Å². The number of carbonyl (C=O) groups is 1. The number of carbonyl (C=O) groups excluding carboxylic acids is 1. The van der Waals surface area contributed by atoms with Crippen LogP contribution in [0.4, 0.5) is 5.69 Å². The van der Waals surface area contributed by atoms with Crippen LogP contribution in [0.25, 0.3) is 0 Å². The number of rotatable bonds is 4. The molecule has 0 radical (unpaired) electrons. The van der Waals surface area contributed by atoms with Crippen molar-refractivity contribution in [2.45, 2.75) is 44.4 Å². The van der Waals surface area contributed by atoms with Crippen LogP contribution in [0.15, 0.2) is 47.4 Å². The minimum Gasteiger partial charge on any atom is -0.379 e. The third-order valence-electron chi connectivity index (χ3n) is 4.59. The Bertz CT molecular complexity index is 917. The first-order valence-corrected chi connectivity index (χ1v) is 10.1. The minimum absolute atomic E-state index is 0.0388. The standard InChI is InChI=1S/C20H23NO4S/c1-14(2)16-6-8-18(9-7-16)25-26(23,24)19-10-11-20-17(13-19)5-4-12-21(20)15(3)22/h6-11,13-14H,4-5,12H2,1-3H3. The summed E-state index contributed by atoms with van der Waals surface area (Å²) in [4.78, 5) is 13.5. The Labute approximate surface area is 154 Å². The van der Waals surface area contributed by atoms with E-state index in [1.807, 2.05) is 12.1 Å². The van der Waals surface area contributed by atoms with Crippen molar-refractivity contribution in [3.8, 4) is 5.75 Å². The zero-order chi connectivity index (χ0) is 18.9. The lowest BCUT2D eigenvalue weighted by molar-refractivity contribution is -0.116. The van der Waals surface area contributed by atoms with Gasteiger partial charge in [0.2, 0.25) is 5.91 Å². The topological polar surface area (TPSA) is 63.7 Å². The Kier molecular flexibility index (Phi) is 5.05. The van der Waals surface area contributed by atoms with Crippen molar-refractivity contribution in [3.05, 3.63) is 53.6 Å². The molecule has 1 aliphatic rings. The molecule has 2 aromatic rings. The average Bonchev–Trinajstić information content (AvgIpc) is 2.60. The zero-order valence-electron chi connectivity index (χ0n) is 15.2. The zero-order valence-corrected chi connectivity index (χ0v) is 16.0. The first-order chi connectivity index (χ1) is 12.3. The second-order valence-corrected chi connectivity index (χ2v) is 8.37. The predicted octanol–water partition coefficient (Wildman–Crippen LogP) is 3.88. The maximum absolute atomic E-state index is 12.6. The molecule has 1 aliphatic heterocycles. The van der Waals surface area contributed by atoms with Crippen LogP contribution < -0.4 is 9.08 Å². The highest BCUT2D eigenvalue weighted by Gasteiger charge is 2.24. The summed E-state index contributed by atoms with van der Waals surface area (Å²) in [7, 11) is -3.92. The molecule has 0 spiro atoms. The summed E-state index contributed by atoms with van der Waals surface area (Å²) in [5.41, 5.74) is 2.75. The molecule has 2 aromatic carbocycles. The van der Waals surface area contributed by atoms with Crippen molar-refractivity contribution in [2.24, 2.45) is 0 Å². The van der Waals surface area contributed by atoms with Crippen LogP contribution in [0.5, 0.6) is 5.75 Å². The summed E-state index contributed by atoms with van der Waals surface area (Å²) in [6.45, 7) is 6.32. The molecular formula is C20H23NO4S. The third kappa shape index (κ3) is 3.75. The predicted molar refractivity (Wildman–Crippen MR) is 101 cm³/mol. The Balaban J connectivity index is 1.87. The van der Waals surface area contributed by atoms with Crippen molar-refractivity contribution < 1.29 is 17.4 Å². The van der Waals surface area contributed by atoms with E-state index >= 15 is 0 Å². The monoisotopic (exact) mass is 373 g/mol. The molecule has 1 amide bonds. The molecule has 0 saturated carbocycles. The largest absolute Gasteiger partial charge is 0.379 e. The first kappa shape index (κ1) is 18.5. The molecule has 1 heterocycles. The molecule has 26 heavy (non-hydrogen) atoms. The maximum atomic E-state index is 12.6. The van der Waals surface area contributed by atoms with E-state index in [-0.39, 0.29) is 16.6 Å². The molecule has 5 nitrogen and oxygen atoms in total. The quantitative estimate of drug-likeness (QED) is 0.763. The molecule has 0 aliphatic carbocycles. The normalized spacial score (nSPS) is 14.2. The highest BCUT2D eigenvalue weighted by atomic mass is 32.2. The summed E-state index contributed by atoms with van der Waals surface area (Å²) in [5.74, 6) is 0.617. The smallest absolute Gasteiger partial charge is 0.339 e. The minimum atomic E-state index is -3.92. The van der Waals surface area contributed by atoms with Crippen LogP contribution in [0, 0.1) is 0 Å². The van der Waals surface area contributed by atoms with Crippen LogP contribution in [-0.2, 0) is 21.3 Å². The number of aryl methyl sites for hydroxylation is 1. The van der Waals surface area contributed by atoms with Gasteiger partial charge in [0.25, 0.3) is 0 Å². The van der Waals surface area contributed by atoms with Gasteiger partial charge in [-0.3, -0.25) is 4.79 Å². The van der Waals surface area contributed by atoms with Crippen LogP contribution >= 0.6 is 0 Å². The molecule has 0 unspecified atom stereocenters. The van der Waals surface area contributed by atoms with Crippen LogP contribution in [-0.4, -0.2) is 20.9 Å². The van der Waals surface area contributed by atoms with Crippen LogP contribution in [0.1, 0.15) is 44.2 Å². The molecule has 138 valence electrons. The van der Waals surface area contributed by atoms with Gasteiger partial charge >= 0.3 is 10.1 Å². The maximum Gasteiger partial charge on any atom is 0.339 e. The molecule has 0 N–H and O–H groups in total. The van der Waals surface area contributed by atoms with Crippen molar-refractivity contribution in [3.63, 3.8) is 0 Å². The molecule has 0 atom stereocenters. The Morgan fingerprint density at radius 2 is 1.81 bits per heavy atom. The number of anilines is 1. The fourth-order valence-corrected chi connectivity index (χ4v) is 4.12. The van der Waals surface area contributed by atoms with Crippen LogP contribution in [0.2, 0.25) is 0 Å². The SMILES string of the molecule is CC(=O)N1CCCc2cc(S(=O)(=O)Oc3ccc(C(C)C)cc3)ccc21. The van der Waals surface area contributed by atoms with Crippen molar-refractivity contribution >= 4 is 21.7 Å². The second kappa shape index (κ2) is 7.11. The highest BCUT2D eigenvalue weighted by molar-refractivity contribution is 7.87. The van der Waals surface area contributed by atoms with Gasteiger partial charge in [-0.1, -0.05) is 26.0 Å². The van der Waals surface area contributed by atoms with Gasteiger partial charge in [0, 0.05) is 19.2 Å². The summed E-state index contributed by atoms with van der Waals surface area (Å²) in [6, 6.07) is 11.9. The Hall–Kier alpha value is -2.34. The van der Waals surface area contributed by atoms with Gasteiger partial charge in [-0.2, -0.15) is 8.42 Å². The van der Waals surface area contributed by atoms with Gasteiger partial charge in [-0.05, 0) is 60.2 Å². The number of nitrogens with zero attached hydrogens (tertiary/aromatic N) is 1. The number of benzene rings is 2. The van der Waals surface area contributed by atoms with E-state index in [4.69, 9.17) is 4.18 Å². The first-order valence-electron chi connectivity index (χ1n) is 8.73. The van der Waals surface area contributed by atoms with E-state index in [9.17, 15) is 13.2 Å². The Morgan fingerprint density at radius 3 is 2.42 bits per heavy atom. The molecule has 3 rings (SSSR count). The Morgan fingerprint density at radius 1 is 1.12 bits per heavy atom. The van der Waals surface area contributed by atoms with Crippen molar-refractivity contribution in [1.29, 1.82) is 0 Å². The molecule has 0 saturated heterocycles. The van der Waals surface area contributed by atoms with Crippen molar-refractivity contribution in [1.82, 2.24) is 0 Å². The van der Waals surface area contributed by atoms with Gasteiger partial charge in [-0.25, -0.2) is 0 Å². The summed E-state index contributed by atoms with van der Waals surface area (Å²) >= 11 is 0. The lowest BCUT2D eigenvalue weighted by Gasteiger charge is -2.28. The molecular weight excluding hydrogens is 350 g/mol. The van der Waals surface area contributed by atoms with E-state index in [0.29, 0.717) is 12.5 Å². The number of hydrogen-bond acceptors (Lipinski definition) is 4. The second-order valence-electron chi connectivity index (χ2n) is 6.83. The van der Waals surface area contributed by atoms with E-state index in [2.05, 4.69) is 13.8 Å². The lowest BCUT2D eigenvalue weighted by atomic mass is 10.0. The summed E-state index contributed by atoms with van der Waals surface area (Å²) in [5, 5.41) is 0. The van der Waals surface area contributed by atoms with Crippen LogP contribution in [0.3, 0.4) is 0 Å². The molecule has 0 fully saturated rings. The average molecular weight is 373 g/mol. The summed E-state index contributed by atoms with van der Waals surface area (Å²) in [6.07, 6.45) is 1.55. The molecule has 6 heteroatoms. The number of amides is 1. The fraction of sp³-hybridized carbons (Fsp3) is 0.350. The number of hydrogen-bond donors (Lipinski definition) is 0. The lowest BCUT2D eigenvalue weighted by Crippen LogP contribution is -2.33. The van der Waals surface area contributed by atoms with E-state index in [1.54, 1.807) is 29.2 Å². The molecule has 0 bridgehead atoms. The van der Waals surface area contributed by atoms with Gasteiger partial charge in [0.1, 0.15) is 10.6 Å². The third-order valence-corrected chi connectivity index (χ3v) is 5.83. The molecule has 0 aromatic heterocycles. The van der Waals surface area contributed by atoms with E-state index in [1.165, 1.54) is 13.0 Å². The van der Waals surface area contributed by atoms with Gasteiger partial charge in [0.05, 0.1) is 0 Å². The fourth-order valence-electron chi connectivity index (χ4n) is 3.14. The van der Waals surface area contributed by atoms with Crippen molar-refractivity contribution in [2.75, 3.05) is 11.4 Å². The number of fused-ring (bicyclic) bond motifs is 1. The highest BCUT2D eigenvalue weighted by Crippen LogP contribution is 2.30. The van der Waals surface area contributed by atoms with Gasteiger partial charge in [0.15, 0.2) is 0 Å². The van der Waals surface area contributed by atoms with Gasteiger partial charge in [-0.15, -0.1) is 0 Å². The van der Waals surface area contributed by atoms with Gasteiger partial charge < -0.3 is 9.08 Å². The summed E-state index contributed by atoms with van der Waals surface area (Å²) < 4.78 is 30.5. The van der Waals surface area contributed by atoms with E-state index in [0.717, 1.165) is 29.7 Å².